The number of ether oxygens (including phenoxy) is 3. The molecule has 7 nitrogen and oxygen atoms in total. The van der Waals surface area contributed by atoms with Crippen molar-refractivity contribution in [3.05, 3.63) is 70.6 Å². The molecule has 0 bridgehead atoms. The van der Waals surface area contributed by atoms with Crippen LogP contribution in [0.3, 0.4) is 0 Å². The van der Waals surface area contributed by atoms with Gasteiger partial charge >= 0.3 is 0 Å². The van der Waals surface area contributed by atoms with Crippen LogP contribution in [0.25, 0.3) is 5.69 Å². The van der Waals surface area contributed by atoms with Gasteiger partial charge in [-0.3, -0.25) is 4.79 Å². The molecule has 2 aromatic carbocycles. The van der Waals surface area contributed by atoms with Crippen LogP contribution >= 0.6 is 11.6 Å². The molecule has 1 fully saturated rings. The summed E-state index contributed by atoms with van der Waals surface area (Å²) in [5.41, 5.74) is 2.12. The van der Waals surface area contributed by atoms with Crippen molar-refractivity contribution < 1.29 is 23.4 Å². The van der Waals surface area contributed by atoms with Gasteiger partial charge in [0, 0.05) is 31.4 Å². The molecule has 1 aliphatic rings. The van der Waals surface area contributed by atoms with E-state index in [0.29, 0.717) is 41.1 Å². The SMILES string of the molecule is COCC(=O)N(Cc1c(C)nn(-c2ccc(Cl)cc2)c1Oc1cccc(F)c1)C[C@H]1CCCO1. The maximum atomic E-state index is 13.9. The van der Waals surface area contributed by atoms with Crippen molar-refractivity contribution in [3.8, 4) is 17.3 Å². The van der Waals surface area contributed by atoms with Gasteiger partial charge in [0.15, 0.2) is 0 Å². The molecule has 0 N–H and O–H groups in total. The average Bonchev–Trinajstić information content (AvgIpc) is 3.43. The highest BCUT2D eigenvalue weighted by molar-refractivity contribution is 6.30. The second-order valence-electron chi connectivity index (χ2n) is 8.16. The van der Waals surface area contributed by atoms with E-state index in [1.54, 1.807) is 33.8 Å². The molecule has 0 saturated carbocycles. The minimum absolute atomic E-state index is 0.0278. The molecule has 1 atom stereocenters. The first-order chi connectivity index (χ1) is 16.4. The molecule has 9 heteroatoms. The predicted molar refractivity (Wildman–Crippen MR) is 126 cm³/mol. The Kier molecular flexibility index (Phi) is 7.82. The van der Waals surface area contributed by atoms with Crippen molar-refractivity contribution in [2.24, 2.45) is 0 Å². The molecule has 4 rings (SSSR count). The summed E-state index contributed by atoms with van der Waals surface area (Å²) in [7, 11) is 1.49. The monoisotopic (exact) mass is 487 g/mol. The van der Waals surface area contributed by atoms with Gasteiger partial charge in [0.25, 0.3) is 0 Å². The Bertz CT molecular complexity index is 1130. The number of nitrogens with zero attached hydrogens (tertiary/aromatic N) is 3. The van der Waals surface area contributed by atoms with Gasteiger partial charge in [0.1, 0.15) is 18.2 Å². The number of carbonyl (C=O) groups excluding carboxylic acids is 1. The fourth-order valence-corrected chi connectivity index (χ4v) is 4.04. The minimum Gasteiger partial charge on any atom is -0.438 e. The van der Waals surface area contributed by atoms with Gasteiger partial charge < -0.3 is 19.1 Å². The Morgan fingerprint density at radius 2 is 2.09 bits per heavy atom. The number of carbonyl (C=O) groups is 1. The average molecular weight is 488 g/mol. The molecule has 1 saturated heterocycles. The first-order valence-corrected chi connectivity index (χ1v) is 11.5. The van der Waals surface area contributed by atoms with Gasteiger partial charge in [0.05, 0.1) is 29.6 Å². The first kappa shape index (κ1) is 24.2. The van der Waals surface area contributed by atoms with E-state index in [2.05, 4.69) is 5.10 Å². The predicted octanol–water partition coefficient (Wildman–Crippen LogP) is 4.92. The topological polar surface area (TPSA) is 65.8 Å². The smallest absolute Gasteiger partial charge is 0.248 e. The van der Waals surface area contributed by atoms with E-state index in [0.717, 1.165) is 18.5 Å². The van der Waals surface area contributed by atoms with E-state index in [-0.39, 0.29) is 25.2 Å². The van der Waals surface area contributed by atoms with Crippen LogP contribution in [0.4, 0.5) is 4.39 Å². The molecule has 2 heterocycles. The van der Waals surface area contributed by atoms with Gasteiger partial charge in [0.2, 0.25) is 11.8 Å². The van der Waals surface area contributed by atoms with Crippen LogP contribution in [0.5, 0.6) is 11.6 Å². The second kappa shape index (κ2) is 11.0. The summed E-state index contributed by atoms with van der Waals surface area (Å²) in [6.45, 7) is 3.18. The van der Waals surface area contributed by atoms with Gasteiger partial charge in [-0.25, -0.2) is 9.07 Å². The lowest BCUT2D eigenvalue weighted by atomic mass is 10.2. The van der Waals surface area contributed by atoms with E-state index in [4.69, 9.17) is 25.8 Å². The maximum absolute atomic E-state index is 13.9. The molecule has 0 aliphatic carbocycles. The molecular formula is C25H27ClFN3O4. The molecule has 34 heavy (non-hydrogen) atoms. The van der Waals surface area contributed by atoms with Crippen molar-refractivity contribution in [3.63, 3.8) is 0 Å². The summed E-state index contributed by atoms with van der Waals surface area (Å²) in [5.74, 6) is 0.148. The van der Waals surface area contributed by atoms with Crippen LogP contribution in [-0.4, -0.2) is 53.6 Å². The highest BCUT2D eigenvalue weighted by atomic mass is 35.5. The minimum atomic E-state index is -0.413. The Balaban J connectivity index is 1.73. The fraction of sp³-hybridized carbons (Fsp3) is 0.360. The van der Waals surface area contributed by atoms with Crippen LogP contribution < -0.4 is 4.74 Å². The number of hydrogen-bond acceptors (Lipinski definition) is 5. The van der Waals surface area contributed by atoms with Gasteiger partial charge in [-0.05, 0) is 56.2 Å². The van der Waals surface area contributed by atoms with Crippen molar-refractivity contribution in [1.82, 2.24) is 14.7 Å². The summed E-state index contributed by atoms with van der Waals surface area (Å²) in [6, 6.07) is 13.0. The van der Waals surface area contributed by atoms with E-state index in [9.17, 15) is 9.18 Å². The Hall–Kier alpha value is -2.94. The lowest BCUT2D eigenvalue weighted by Crippen LogP contribution is -2.39. The van der Waals surface area contributed by atoms with Crippen LogP contribution in [0.1, 0.15) is 24.1 Å². The molecule has 0 radical (unpaired) electrons. The number of amides is 1. The molecule has 1 aliphatic heterocycles. The Morgan fingerprint density at radius 1 is 1.29 bits per heavy atom. The zero-order valence-electron chi connectivity index (χ0n) is 19.2. The fourth-order valence-electron chi connectivity index (χ4n) is 3.92. The highest BCUT2D eigenvalue weighted by Gasteiger charge is 2.27. The second-order valence-corrected chi connectivity index (χ2v) is 8.60. The summed E-state index contributed by atoms with van der Waals surface area (Å²) in [6.07, 6.45) is 1.84. The third-order valence-electron chi connectivity index (χ3n) is 5.64. The molecule has 0 unspecified atom stereocenters. The van der Waals surface area contributed by atoms with Crippen LogP contribution in [-0.2, 0) is 20.8 Å². The number of methoxy groups -OCH3 is 1. The standard InChI is InChI=1S/C25H27ClFN3O4/c1-17-23(15-29(24(31)16-32-2)14-22-7-4-12-33-22)25(34-21-6-3-5-19(27)13-21)30(28-17)20-10-8-18(26)9-11-20/h3,5-6,8-11,13,22H,4,7,12,14-16H2,1-2H3/t22-/m1/s1. The van der Waals surface area contributed by atoms with Crippen molar-refractivity contribution in [2.45, 2.75) is 32.4 Å². The number of benzene rings is 2. The van der Waals surface area contributed by atoms with Gasteiger partial charge in [-0.15, -0.1) is 0 Å². The van der Waals surface area contributed by atoms with Gasteiger partial charge in [-0.2, -0.15) is 5.10 Å². The lowest BCUT2D eigenvalue weighted by Gasteiger charge is -2.25. The summed E-state index contributed by atoms with van der Waals surface area (Å²) < 4.78 is 32.5. The zero-order chi connectivity index (χ0) is 24.1. The van der Waals surface area contributed by atoms with Crippen LogP contribution in [0, 0.1) is 12.7 Å². The van der Waals surface area contributed by atoms with E-state index in [1.165, 1.54) is 19.2 Å². The number of hydrogen-bond donors (Lipinski definition) is 0. The van der Waals surface area contributed by atoms with Crippen molar-refractivity contribution >= 4 is 17.5 Å². The molecule has 1 amide bonds. The molecule has 1 aromatic heterocycles. The zero-order valence-corrected chi connectivity index (χ0v) is 19.9. The van der Waals surface area contributed by atoms with Crippen LogP contribution in [0.15, 0.2) is 48.5 Å². The maximum Gasteiger partial charge on any atom is 0.248 e. The van der Waals surface area contributed by atoms with E-state index >= 15 is 0 Å². The third kappa shape index (κ3) is 5.75. The Labute approximate surface area is 203 Å². The quantitative estimate of drug-likeness (QED) is 0.428. The normalized spacial score (nSPS) is 15.5. The molecule has 180 valence electrons. The van der Waals surface area contributed by atoms with E-state index < -0.39 is 5.82 Å². The van der Waals surface area contributed by atoms with E-state index in [1.807, 2.05) is 19.1 Å². The molecule has 3 aromatic rings. The molecular weight excluding hydrogens is 461 g/mol. The number of aromatic nitrogens is 2. The largest absolute Gasteiger partial charge is 0.438 e. The number of rotatable bonds is 9. The third-order valence-corrected chi connectivity index (χ3v) is 5.89. The number of aryl methyl sites for hydroxylation is 1. The Morgan fingerprint density at radius 3 is 2.76 bits per heavy atom. The van der Waals surface area contributed by atoms with Crippen molar-refractivity contribution in [2.75, 3.05) is 26.9 Å². The lowest BCUT2D eigenvalue weighted by molar-refractivity contribution is -0.137. The van der Waals surface area contributed by atoms with Gasteiger partial charge in [-0.1, -0.05) is 17.7 Å². The molecule has 0 spiro atoms. The van der Waals surface area contributed by atoms with Crippen molar-refractivity contribution in [1.29, 1.82) is 0 Å². The highest BCUT2D eigenvalue weighted by Crippen LogP contribution is 2.32. The van der Waals surface area contributed by atoms with Crippen LogP contribution in [0.2, 0.25) is 5.02 Å². The number of halogens is 2. The summed E-state index contributed by atoms with van der Waals surface area (Å²) >= 11 is 6.07. The summed E-state index contributed by atoms with van der Waals surface area (Å²) in [4.78, 5) is 14.6. The first-order valence-electron chi connectivity index (χ1n) is 11.1. The summed E-state index contributed by atoms with van der Waals surface area (Å²) in [5, 5.41) is 5.26.